The Kier molecular flexibility index (Phi) is 4.93. The van der Waals surface area contributed by atoms with Gasteiger partial charge >= 0.3 is 0 Å². The first-order valence-corrected chi connectivity index (χ1v) is 6.95. The number of hydrogen-bond acceptors (Lipinski definition) is 3. The lowest BCUT2D eigenvalue weighted by molar-refractivity contribution is -0.131. The van der Waals surface area contributed by atoms with Gasteiger partial charge in [-0.15, -0.1) is 0 Å². The van der Waals surface area contributed by atoms with Crippen LogP contribution in [0.25, 0.3) is 0 Å². The molecule has 0 saturated heterocycles. The summed E-state index contributed by atoms with van der Waals surface area (Å²) in [6.45, 7) is 0. The average molecular weight is 262 g/mol. The molecule has 0 radical (unpaired) electrons. The van der Waals surface area contributed by atoms with E-state index in [4.69, 9.17) is 5.73 Å². The summed E-state index contributed by atoms with van der Waals surface area (Å²) < 4.78 is 0. The third-order valence-electron chi connectivity index (χ3n) is 3.69. The summed E-state index contributed by atoms with van der Waals surface area (Å²) in [5.74, 6) is -0.338. The molecule has 4 N–H and O–H groups in total. The first-order valence-electron chi connectivity index (χ1n) is 6.95. The van der Waals surface area contributed by atoms with Crippen molar-refractivity contribution in [2.45, 2.75) is 50.3 Å². The maximum absolute atomic E-state index is 11.9. The zero-order valence-electron chi connectivity index (χ0n) is 11.1. The van der Waals surface area contributed by atoms with Crippen LogP contribution >= 0.6 is 0 Å². The third-order valence-corrected chi connectivity index (χ3v) is 3.69. The molecule has 1 amide bonds. The van der Waals surface area contributed by atoms with E-state index in [9.17, 15) is 9.90 Å². The van der Waals surface area contributed by atoms with E-state index in [-0.39, 0.29) is 11.9 Å². The van der Waals surface area contributed by atoms with Gasteiger partial charge in [-0.3, -0.25) is 4.79 Å². The number of nitrogens with one attached hydrogen (secondary N) is 1. The molecule has 1 aromatic rings. The Labute approximate surface area is 114 Å². The summed E-state index contributed by atoms with van der Waals surface area (Å²) in [6, 6.07) is 9.32. The van der Waals surface area contributed by atoms with Crippen LogP contribution in [0.5, 0.6) is 0 Å². The number of aliphatic hydroxyl groups excluding tert-OH is 1. The van der Waals surface area contributed by atoms with E-state index in [1.165, 1.54) is 0 Å². The predicted molar refractivity (Wildman–Crippen MR) is 74.5 cm³/mol. The molecule has 2 atom stereocenters. The number of amides is 1. The normalized spacial score (nSPS) is 19.1. The molecule has 4 heteroatoms. The highest BCUT2D eigenvalue weighted by atomic mass is 16.3. The van der Waals surface area contributed by atoms with E-state index in [0.29, 0.717) is 6.42 Å². The lowest BCUT2D eigenvalue weighted by Crippen LogP contribution is -2.49. The summed E-state index contributed by atoms with van der Waals surface area (Å²) in [7, 11) is 0. The lowest BCUT2D eigenvalue weighted by atomic mass is 10.0. The summed E-state index contributed by atoms with van der Waals surface area (Å²) >= 11 is 0. The van der Waals surface area contributed by atoms with Gasteiger partial charge in [-0.2, -0.15) is 0 Å². The minimum absolute atomic E-state index is 0.214. The van der Waals surface area contributed by atoms with E-state index < -0.39 is 12.1 Å². The van der Waals surface area contributed by atoms with E-state index in [2.05, 4.69) is 5.32 Å². The van der Waals surface area contributed by atoms with Crippen molar-refractivity contribution >= 4 is 5.91 Å². The van der Waals surface area contributed by atoms with E-state index in [0.717, 1.165) is 31.2 Å². The van der Waals surface area contributed by atoms with Crippen LogP contribution in [0.3, 0.4) is 0 Å². The van der Waals surface area contributed by atoms with Gasteiger partial charge in [0.15, 0.2) is 0 Å². The van der Waals surface area contributed by atoms with Crippen molar-refractivity contribution in [2.24, 2.45) is 5.73 Å². The first kappa shape index (κ1) is 14.0. The number of carbonyl (C=O) groups excluding carboxylic acids is 1. The van der Waals surface area contributed by atoms with Crippen LogP contribution in [0.2, 0.25) is 0 Å². The van der Waals surface area contributed by atoms with Crippen LogP contribution in [0.4, 0.5) is 0 Å². The van der Waals surface area contributed by atoms with Crippen molar-refractivity contribution in [3.63, 3.8) is 0 Å². The maximum atomic E-state index is 11.9. The number of carbonyl (C=O) groups is 1. The standard InChI is InChI=1S/C15H22N2O2/c16-13(10-11-6-2-1-3-7-11)14(18)15(19)17-12-8-4-5-9-12/h1-3,6-7,12-14,18H,4-5,8-10,16H2,(H,17,19)/t13-,14?/m0/s1. The summed E-state index contributed by atoms with van der Waals surface area (Å²) in [5, 5.41) is 12.8. The molecule has 104 valence electrons. The van der Waals surface area contributed by atoms with Crippen LogP contribution in [-0.4, -0.2) is 29.2 Å². The summed E-state index contributed by atoms with van der Waals surface area (Å²) in [5.41, 5.74) is 6.94. The molecule has 1 aliphatic carbocycles. The third kappa shape index (κ3) is 4.04. The Morgan fingerprint density at radius 3 is 2.58 bits per heavy atom. The van der Waals surface area contributed by atoms with Crippen LogP contribution in [0.15, 0.2) is 30.3 Å². The molecule has 0 aromatic heterocycles. The number of aliphatic hydroxyl groups is 1. The molecule has 1 aliphatic rings. The fourth-order valence-electron chi connectivity index (χ4n) is 2.55. The van der Waals surface area contributed by atoms with E-state index in [1.807, 2.05) is 30.3 Å². The first-order chi connectivity index (χ1) is 9.16. The molecule has 1 aromatic carbocycles. The summed E-state index contributed by atoms with van der Waals surface area (Å²) in [4.78, 5) is 11.9. The fraction of sp³-hybridized carbons (Fsp3) is 0.533. The molecule has 1 unspecified atom stereocenters. The Bertz CT molecular complexity index is 402. The Morgan fingerprint density at radius 1 is 1.32 bits per heavy atom. The van der Waals surface area contributed by atoms with Gasteiger partial charge in [-0.05, 0) is 24.8 Å². The lowest BCUT2D eigenvalue weighted by Gasteiger charge is -2.20. The second-order valence-corrected chi connectivity index (χ2v) is 5.29. The van der Waals surface area contributed by atoms with Gasteiger partial charge in [-0.25, -0.2) is 0 Å². The van der Waals surface area contributed by atoms with Crippen LogP contribution in [-0.2, 0) is 11.2 Å². The number of benzene rings is 1. The minimum Gasteiger partial charge on any atom is -0.382 e. The van der Waals surface area contributed by atoms with Crippen LogP contribution in [0.1, 0.15) is 31.2 Å². The van der Waals surface area contributed by atoms with Gasteiger partial charge in [0.2, 0.25) is 0 Å². The molecule has 0 spiro atoms. The van der Waals surface area contributed by atoms with Gasteiger partial charge in [0.1, 0.15) is 6.10 Å². The monoisotopic (exact) mass is 262 g/mol. The predicted octanol–water partition coefficient (Wildman–Crippen LogP) is 0.976. The molecular formula is C15H22N2O2. The summed E-state index contributed by atoms with van der Waals surface area (Å²) in [6.07, 6.45) is 3.67. The van der Waals surface area contributed by atoms with Crippen molar-refractivity contribution in [1.82, 2.24) is 5.32 Å². The molecule has 1 fully saturated rings. The van der Waals surface area contributed by atoms with Gasteiger partial charge < -0.3 is 16.2 Å². The molecule has 2 rings (SSSR count). The Balaban J connectivity index is 1.83. The molecule has 4 nitrogen and oxygen atoms in total. The van der Waals surface area contributed by atoms with Gasteiger partial charge in [-0.1, -0.05) is 43.2 Å². The van der Waals surface area contributed by atoms with E-state index >= 15 is 0 Å². The topological polar surface area (TPSA) is 75.3 Å². The van der Waals surface area contributed by atoms with Crippen molar-refractivity contribution in [1.29, 1.82) is 0 Å². The van der Waals surface area contributed by atoms with Gasteiger partial charge in [0.25, 0.3) is 5.91 Å². The molecule has 1 saturated carbocycles. The van der Waals surface area contributed by atoms with Crippen molar-refractivity contribution in [3.05, 3.63) is 35.9 Å². The second-order valence-electron chi connectivity index (χ2n) is 5.29. The molecular weight excluding hydrogens is 240 g/mol. The molecule has 19 heavy (non-hydrogen) atoms. The smallest absolute Gasteiger partial charge is 0.250 e. The zero-order valence-corrected chi connectivity index (χ0v) is 11.1. The second kappa shape index (κ2) is 6.68. The highest BCUT2D eigenvalue weighted by Gasteiger charge is 2.26. The SMILES string of the molecule is N[C@@H](Cc1ccccc1)C(O)C(=O)NC1CCCC1. The molecule has 0 bridgehead atoms. The number of hydrogen-bond donors (Lipinski definition) is 3. The number of rotatable bonds is 5. The number of nitrogens with two attached hydrogens (primary N) is 1. The molecule has 0 aliphatic heterocycles. The average Bonchev–Trinajstić information content (AvgIpc) is 2.91. The Hall–Kier alpha value is -1.39. The Morgan fingerprint density at radius 2 is 1.95 bits per heavy atom. The van der Waals surface area contributed by atoms with Crippen molar-refractivity contribution < 1.29 is 9.90 Å². The largest absolute Gasteiger partial charge is 0.382 e. The van der Waals surface area contributed by atoms with Crippen molar-refractivity contribution in [2.75, 3.05) is 0 Å². The highest BCUT2D eigenvalue weighted by Crippen LogP contribution is 2.17. The fourth-order valence-corrected chi connectivity index (χ4v) is 2.55. The van der Waals surface area contributed by atoms with Gasteiger partial charge in [0.05, 0.1) is 0 Å². The van der Waals surface area contributed by atoms with Gasteiger partial charge in [0, 0.05) is 12.1 Å². The van der Waals surface area contributed by atoms with Crippen molar-refractivity contribution in [3.8, 4) is 0 Å². The minimum atomic E-state index is -1.14. The zero-order chi connectivity index (χ0) is 13.7. The quantitative estimate of drug-likeness (QED) is 0.740. The van der Waals surface area contributed by atoms with Crippen LogP contribution < -0.4 is 11.1 Å². The van der Waals surface area contributed by atoms with Crippen LogP contribution in [0, 0.1) is 0 Å². The highest BCUT2D eigenvalue weighted by molar-refractivity contribution is 5.81. The molecule has 0 heterocycles. The maximum Gasteiger partial charge on any atom is 0.250 e. The van der Waals surface area contributed by atoms with E-state index in [1.54, 1.807) is 0 Å².